The summed E-state index contributed by atoms with van der Waals surface area (Å²) in [5.74, 6) is -0.404. The van der Waals surface area contributed by atoms with Crippen molar-refractivity contribution in [2.75, 3.05) is 5.32 Å². The molecular weight excluding hydrogens is 321 g/mol. The van der Waals surface area contributed by atoms with Gasteiger partial charge in [0, 0.05) is 10.4 Å². The predicted octanol–water partition coefficient (Wildman–Crippen LogP) is 4.76. The molecule has 5 heteroatoms. The molecule has 0 bridgehead atoms. The number of carbonyl (C=O) groups is 1. The monoisotopic (exact) mass is 333 g/mol. The minimum atomic E-state index is -0.428. The number of anilines is 1. The zero-order valence-corrected chi connectivity index (χ0v) is 12.2. The number of halogens is 3. The van der Waals surface area contributed by atoms with E-state index in [-0.39, 0.29) is 16.8 Å². The van der Waals surface area contributed by atoms with E-state index in [0.29, 0.717) is 10.2 Å². The molecule has 98 valence electrons. The first-order valence-electron chi connectivity index (χ1n) is 6.03. The summed E-state index contributed by atoms with van der Waals surface area (Å²) in [6.07, 6.45) is 5.22. The van der Waals surface area contributed by atoms with Crippen LogP contribution >= 0.6 is 27.5 Å². The largest absolute Gasteiger partial charge is 0.324 e. The molecule has 0 unspecified atom stereocenters. The lowest BCUT2D eigenvalue weighted by molar-refractivity contribution is -0.120. The van der Waals surface area contributed by atoms with Crippen LogP contribution in [0.5, 0.6) is 0 Å². The second-order valence-electron chi connectivity index (χ2n) is 4.57. The minimum Gasteiger partial charge on any atom is -0.324 e. The van der Waals surface area contributed by atoms with E-state index in [1.54, 1.807) is 0 Å². The predicted molar refractivity (Wildman–Crippen MR) is 74.3 cm³/mol. The van der Waals surface area contributed by atoms with Crippen molar-refractivity contribution in [1.29, 1.82) is 0 Å². The first kappa shape index (κ1) is 13.8. The average molecular weight is 335 g/mol. The van der Waals surface area contributed by atoms with Crippen molar-refractivity contribution in [2.24, 2.45) is 5.92 Å². The van der Waals surface area contributed by atoms with Crippen molar-refractivity contribution in [1.82, 2.24) is 0 Å². The van der Waals surface area contributed by atoms with Crippen LogP contribution in [0.15, 0.2) is 16.6 Å². The second-order valence-corrected chi connectivity index (χ2v) is 5.83. The van der Waals surface area contributed by atoms with Gasteiger partial charge in [-0.2, -0.15) is 0 Å². The Kier molecular flexibility index (Phi) is 4.62. The number of hydrogen-bond donors (Lipinski definition) is 1. The van der Waals surface area contributed by atoms with Gasteiger partial charge >= 0.3 is 0 Å². The molecule has 2 nitrogen and oxygen atoms in total. The van der Waals surface area contributed by atoms with Gasteiger partial charge in [-0.15, -0.1) is 0 Å². The molecule has 0 radical (unpaired) electrons. The molecular formula is C13H14BrClFNO. The molecule has 0 saturated heterocycles. The van der Waals surface area contributed by atoms with Gasteiger partial charge in [0.05, 0.1) is 10.7 Å². The normalized spacial score (nSPS) is 16.6. The van der Waals surface area contributed by atoms with Crippen molar-refractivity contribution in [2.45, 2.75) is 32.1 Å². The minimum absolute atomic E-state index is 0.0242. The highest BCUT2D eigenvalue weighted by Crippen LogP contribution is 2.33. The first-order valence-corrected chi connectivity index (χ1v) is 7.20. The molecule has 1 aromatic carbocycles. The van der Waals surface area contributed by atoms with E-state index >= 15 is 0 Å². The summed E-state index contributed by atoms with van der Waals surface area (Å²) in [5.41, 5.74) is 0.452. The smallest absolute Gasteiger partial charge is 0.227 e. The maximum Gasteiger partial charge on any atom is 0.227 e. The Bertz CT molecular complexity index is 437. The van der Waals surface area contributed by atoms with Gasteiger partial charge in [-0.25, -0.2) is 4.39 Å². The Morgan fingerprint density at radius 3 is 2.61 bits per heavy atom. The lowest BCUT2D eigenvalue weighted by Crippen LogP contribution is -2.25. The van der Waals surface area contributed by atoms with Crippen LogP contribution in [0.25, 0.3) is 0 Å². The summed E-state index contributed by atoms with van der Waals surface area (Å²) in [4.78, 5) is 12.1. The van der Waals surface area contributed by atoms with Gasteiger partial charge in [-0.05, 0) is 40.9 Å². The van der Waals surface area contributed by atoms with E-state index in [2.05, 4.69) is 21.2 Å². The SMILES string of the molecule is O=C(Nc1c(Cl)cc(F)cc1Br)C1CCCCC1. The Hall–Kier alpha value is -0.610. The molecule has 0 spiro atoms. The summed E-state index contributed by atoms with van der Waals surface area (Å²) >= 11 is 9.14. The second kappa shape index (κ2) is 6.02. The van der Waals surface area contributed by atoms with Crippen molar-refractivity contribution >= 4 is 39.1 Å². The number of hydrogen-bond acceptors (Lipinski definition) is 1. The number of carbonyl (C=O) groups excluding carboxylic acids is 1. The van der Waals surface area contributed by atoms with E-state index < -0.39 is 5.82 Å². The van der Waals surface area contributed by atoms with Gasteiger partial charge in [0.15, 0.2) is 0 Å². The Balaban J connectivity index is 2.11. The highest BCUT2D eigenvalue weighted by molar-refractivity contribution is 9.10. The molecule has 1 amide bonds. The van der Waals surface area contributed by atoms with Crippen LogP contribution in [0.4, 0.5) is 10.1 Å². The molecule has 0 heterocycles. The van der Waals surface area contributed by atoms with Gasteiger partial charge in [0.2, 0.25) is 5.91 Å². The fraction of sp³-hybridized carbons (Fsp3) is 0.462. The summed E-state index contributed by atoms with van der Waals surface area (Å²) in [6, 6.07) is 2.49. The summed E-state index contributed by atoms with van der Waals surface area (Å²) < 4.78 is 13.5. The number of amides is 1. The third kappa shape index (κ3) is 3.23. The average Bonchev–Trinajstić information content (AvgIpc) is 2.34. The molecule has 1 fully saturated rings. The molecule has 1 N–H and O–H groups in total. The fourth-order valence-electron chi connectivity index (χ4n) is 2.25. The van der Waals surface area contributed by atoms with Crippen LogP contribution in [-0.2, 0) is 4.79 Å². The molecule has 2 rings (SSSR count). The molecule has 1 aromatic rings. The number of nitrogens with one attached hydrogen (secondary N) is 1. The van der Waals surface area contributed by atoms with E-state index in [4.69, 9.17) is 11.6 Å². The van der Waals surface area contributed by atoms with Gasteiger partial charge in [-0.3, -0.25) is 4.79 Å². The molecule has 1 aliphatic rings. The van der Waals surface area contributed by atoms with Gasteiger partial charge in [-0.1, -0.05) is 30.9 Å². The third-order valence-electron chi connectivity index (χ3n) is 3.23. The van der Waals surface area contributed by atoms with Crippen LogP contribution in [0.3, 0.4) is 0 Å². The molecule has 0 atom stereocenters. The van der Waals surface area contributed by atoms with E-state index in [1.807, 2.05) is 0 Å². The van der Waals surface area contributed by atoms with E-state index in [1.165, 1.54) is 18.6 Å². The van der Waals surface area contributed by atoms with E-state index in [9.17, 15) is 9.18 Å². The third-order valence-corrected chi connectivity index (χ3v) is 4.15. The summed E-state index contributed by atoms with van der Waals surface area (Å²) in [6.45, 7) is 0. The lowest BCUT2D eigenvalue weighted by atomic mass is 9.88. The number of rotatable bonds is 2. The van der Waals surface area contributed by atoms with Crippen LogP contribution in [0.2, 0.25) is 5.02 Å². The van der Waals surface area contributed by atoms with Crippen LogP contribution < -0.4 is 5.32 Å². The summed E-state index contributed by atoms with van der Waals surface area (Å²) in [5, 5.41) is 3.00. The van der Waals surface area contributed by atoms with Crippen molar-refractivity contribution < 1.29 is 9.18 Å². The summed E-state index contributed by atoms with van der Waals surface area (Å²) in [7, 11) is 0. The zero-order chi connectivity index (χ0) is 13.1. The van der Waals surface area contributed by atoms with Crippen molar-refractivity contribution in [3.63, 3.8) is 0 Å². The van der Waals surface area contributed by atoms with E-state index in [0.717, 1.165) is 25.7 Å². The Labute approximate surface area is 119 Å². The molecule has 18 heavy (non-hydrogen) atoms. The van der Waals surface area contributed by atoms with Gasteiger partial charge in [0.25, 0.3) is 0 Å². The lowest BCUT2D eigenvalue weighted by Gasteiger charge is -2.21. The van der Waals surface area contributed by atoms with Crippen LogP contribution in [0.1, 0.15) is 32.1 Å². The molecule has 0 aromatic heterocycles. The highest BCUT2D eigenvalue weighted by Gasteiger charge is 2.22. The Morgan fingerprint density at radius 2 is 2.00 bits per heavy atom. The van der Waals surface area contributed by atoms with Gasteiger partial charge < -0.3 is 5.32 Å². The topological polar surface area (TPSA) is 29.1 Å². The quantitative estimate of drug-likeness (QED) is 0.830. The first-order chi connectivity index (χ1) is 8.58. The maximum atomic E-state index is 13.1. The highest BCUT2D eigenvalue weighted by atomic mass is 79.9. The van der Waals surface area contributed by atoms with Crippen LogP contribution in [-0.4, -0.2) is 5.91 Å². The zero-order valence-electron chi connectivity index (χ0n) is 9.81. The Morgan fingerprint density at radius 1 is 1.33 bits per heavy atom. The maximum absolute atomic E-state index is 13.1. The van der Waals surface area contributed by atoms with Gasteiger partial charge in [0.1, 0.15) is 5.82 Å². The molecule has 0 aliphatic heterocycles. The van der Waals surface area contributed by atoms with Crippen molar-refractivity contribution in [3.05, 3.63) is 27.4 Å². The fourth-order valence-corrected chi connectivity index (χ4v) is 3.15. The molecule has 1 saturated carbocycles. The molecule has 1 aliphatic carbocycles. The van der Waals surface area contributed by atoms with Crippen LogP contribution in [0, 0.1) is 11.7 Å². The standard InChI is InChI=1S/C13H14BrClFNO/c14-10-6-9(16)7-11(15)12(10)17-13(18)8-4-2-1-3-5-8/h6-8H,1-5H2,(H,17,18). The number of benzene rings is 1. The van der Waals surface area contributed by atoms with Crippen molar-refractivity contribution in [3.8, 4) is 0 Å².